The third kappa shape index (κ3) is 4.19. The number of halogens is 1. The minimum atomic E-state index is -0.687. The van der Waals surface area contributed by atoms with E-state index >= 15 is 0 Å². The van der Waals surface area contributed by atoms with Gasteiger partial charge >= 0.3 is 6.03 Å². The second kappa shape index (κ2) is 8.63. The number of H-pyrrole nitrogens is 1. The molecule has 1 atom stereocenters. The zero-order valence-corrected chi connectivity index (χ0v) is 17.2. The van der Waals surface area contributed by atoms with E-state index in [0.29, 0.717) is 23.7 Å². The maximum Gasteiger partial charge on any atom is 0.312 e. The minimum absolute atomic E-state index is 0.0529. The van der Waals surface area contributed by atoms with Gasteiger partial charge in [0.15, 0.2) is 0 Å². The van der Waals surface area contributed by atoms with Gasteiger partial charge in [0.25, 0.3) is 0 Å². The van der Waals surface area contributed by atoms with Crippen LogP contribution in [-0.4, -0.2) is 34.9 Å². The van der Waals surface area contributed by atoms with Gasteiger partial charge in [-0.1, -0.05) is 54.1 Å². The van der Waals surface area contributed by atoms with Gasteiger partial charge < -0.3 is 20.9 Å². The van der Waals surface area contributed by atoms with E-state index < -0.39 is 12.1 Å². The molecular weight excluding hydrogens is 400 g/mol. The third-order valence-electron chi connectivity index (χ3n) is 5.47. The van der Waals surface area contributed by atoms with Crippen LogP contribution in [0.1, 0.15) is 30.0 Å². The number of rotatable bonds is 5. The molecule has 0 aliphatic carbocycles. The number of primary amides is 1. The van der Waals surface area contributed by atoms with E-state index in [9.17, 15) is 9.59 Å². The maximum atomic E-state index is 12.9. The highest BCUT2D eigenvalue weighted by Crippen LogP contribution is 2.30. The molecule has 0 radical (unpaired) electrons. The number of para-hydroxylation sites is 1. The van der Waals surface area contributed by atoms with Crippen LogP contribution in [0.15, 0.2) is 60.8 Å². The first kappa shape index (κ1) is 20.0. The summed E-state index contributed by atoms with van der Waals surface area (Å²) in [6.45, 7) is 1.15. The van der Waals surface area contributed by atoms with Crippen molar-refractivity contribution in [2.75, 3.05) is 13.1 Å². The summed E-state index contributed by atoms with van der Waals surface area (Å²) in [6.07, 6.45) is 5.00. The van der Waals surface area contributed by atoms with Crippen LogP contribution in [0.25, 0.3) is 16.5 Å². The van der Waals surface area contributed by atoms with Crippen LogP contribution in [0.4, 0.5) is 4.79 Å². The first-order valence-corrected chi connectivity index (χ1v) is 10.2. The SMILES string of the molecule is NC(=O)N[C@@H](CC(=O)N1CC=C(c2c[nH]c3ccccc23)CC1)c1ccccc1Cl. The number of carbonyl (C=O) groups is 2. The predicted molar refractivity (Wildman–Crippen MR) is 119 cm³/mol. The summed E-state index contributed by atoms with van der Waals surface area (Å²) in [5.74, 6) is -0.0529. The molecule has 154 valence electrons. The molecule has 0 saturated carbocycles. The fourth-order valence-electron chi connectivity index (χ4n) is 3.95. The van der Waals surface area contributed by atoms with Crippen molar-refractivity contribution in [1.29, 1.82) is 0 Å². The van der Waals surface area contributed by atoms with Crippen LogP contribution in [0, 0.1) is 0 Å². The lowest BCUT2D eigenvalue weighted by molar-refractivity contribution is -0.131. The second-order valence-corrected chi connectivity index (χ2v) is 7.76. The van der Waals surface area contributed by atoms with Gasteiger partial charge in [-0.05, 0) is 29.7 Å². The number of carbonyl (C=O) groups excluding carboxylic acids is 2. The second-order valence-electron chi connectivity index (χ2n) is 7.35. The average Bonchev–Trinajstić information content (AvgIpc) is 3.17. The van der Waals surface area contributed by atoms with E-state index in [2.05, 4.69) is 28.5 Å². The van der Waals surface area contributed by atoms with Crippen LogP contribution in [0.3, 0.4) is 0 Å². The molecule has 4 N–H and O–H groups in total. The first-order valence-electron chi connectivity index (χ1n) is 9.86. The fraction of sp³-hybridized carbons (Fsp3) is 0.217. The number of benzene rings is 2. The van der Waals surface area contributed by atoms with E-state index in [-0.39, 0.29) is 12.3 Å². The molecule has 30 heavy (non-hydrogen) atoms. The van der Waals surface area contributed by atoms with Crippen molar-refractivity contribution < 1.29 is 9.59 Å². The van der Waals surface area contributed by atoms with E-state index in [0.717, 1.165) is 11.9 Å². The van der Waals surface area contributed by atoms with Crippen molar-refractivity contribution in [2.24, 2.45) is 5.73 Å². The summed E-state index contributed by atoms with van der Waals surface area (Å²) >= 11 is 6.27. The highest BCUT2D eigenvalue weighted by molar-refractivity contribution is 6.31. The Kier molecular flexibility index (Phi) is 5.77. The maximum absolute atomic E-state index is 12.9. The summed E-state index contributed by atoms with van der Waals surface area (Å²) in [6, 6.07) is 14.1. The number of urea groups is 1. The van der Waals surface area contributed by atoms with Gasteiger partial charge in [0.05, 0.1) is 12.5 Å². The largest absolute Gasteiger partial charge is 0.361 e. The Labute approximate surface area is 179 Å². The molecule has 2 heterocycles. The summed E-state index contributed by atoms with van der Waals surface area (Å²) < 4.78 is 0. The van der Waals surface area contributed by atoms with E-state index in [1.807, 2.05) is 24.4 Å². The number of fused-ring (bicyclic) bond motifs is 1. The van der Waals surface area contributed by atoms with Gasteiger partial charge in [0.2, 0.25) is 5.91 Å². The number of nitrogens with zero attached hydrogens (tertiary/aromatic N) is 1. The molecule has 0 unspecified atom stereocenters. The van der Waals surface area contributed by atoms with Gasteiger partial charge in [0, 0.05) is 40.8 Å². The number of aromatic amines is 1. The number of aromatic nitrogens is 1. The van der Waals surface area contributed by atoms with Crippen LogP contribution in [-0.2, 0) is 4.79 Å². The van der Waals surface area contributed by atoms with Gasteiger partial charge in [-0.25, -0.2) is 4.79 Å². The van der Waals surface area contributed by atoms with Crippen LogP contribution in [0.2, 0.25) is 5.02 Å². The molecule has 1 aliphatic rings. The molecule has 0 bridgehead atoms. The molecular formula is C23H23ClN4O2. The summed E-state index contributed by atoms with van der Waals surface area (Å²) in [5.41, 5.74) is 9.52. The van der Waals surface area contributed by atoms with Gasteiger partial charge in [-0.2, -0.15) is 0 Å². The predicted octanol–water partition coefficient (Wildman–Crippen LogP) is 4.24. The van der Waals surface area contributed by atoms with Crippen molar-refractivity contribution in [3.8, 4) is 0 Å². The summed E-state index contributed by atoms with van der Waals surface area (Å²) in [5, 5.41) is 4.32. The van der Waals surface area contributed by atoms with Crippen molar-refractivity contribution in [1.82, 2.24) is 15.2 Å². The van der Waals surface area contributed by atoms with E-state index in [1.54, 1.807) is 23.1 Å². The Hall–Kier alpha value is -3.25. The monoisotopic (exact) mass is 422 g/mol. The topological polar surface area (TPSA) is 91.2 Å². The molecule has 0 spiro atoms. The quantitative estimate of drug-likeness (QED) is 0.574. The van der Waals surface area contributed by atoms with Gasteiger partial charge in [-0.3, -0.25) is 4.79 Å². The molecule has 3 aromatic rings. The normalized spacial score (nSPS) is 15.0. The van der Waals surface area contributed by atoms with Crippen molar-refractivity contribution in [2.45, 2.75) is 18.9 Å². The lowest BCUT2D eigenvalue weighted by atomic mass is 9.98. The molecule has 3 amide bonds. The Bertz CT molecular complexity index is 1120. The zero-order valence-electron chi connectivity index (χ0n) is 16.4. The van der Waals surface area contributed by atoms with Crippen molar-refractivity contribution in [3.05, 3.63) is 77.0 Å². The Balaban J connectivity index is 1.47. The molecule has 2 aromatic carbocycles. The Morgan fingerprint density at radius 3 is 2.67 bits per heavy atom. The van der Waals surface area contributed by atoms with Crippen LogP contribution in [0.5, 0.6) is 0 Å². The highest BCUT2D eigenvalue weighted by Gasteiger charge is 2.25. The molecule has 7 heteroatoms. The number of nitrogens with one attached hydrogen (secondary N) is 2. The lowest BCUT2D eigenvalue weighted by Crippen LogP contribution is -2.40. The summed E-state index contributed by atoms with van der Waals surface area (Å²) in [7, 11) is 0. The number of hydrogen-bond acceptors (Lipinski definition) is 2. The third-order valence-corrected chi connectivity index (χ3v) is 5.82. The molecule has 1 aliphatic heterocycles. The highest BCUT2D eigenvalue weighted by atomic mass is 35.5. The van der Waals surface area contributed by atoms with Crippen molar-refractivity contribution >= 4 is 40.0 Å². The minimum Gasteiger partial charge on any atom is -0.361 e. The van der Waals surface area contributed by atoms with Crippen LogP contribution >= 0.6 is 11.6 Å². The molecule has 6 nitrogen and oxygen atoms in total. The molecule has 4 rings (SSSR count). The Morgan fingerprint density at radius 2 is 1.93 bits per heavy atom. The van der Waals surface area contributed by atoms with E-state index in [4.69, 9.17) is 17.3 Å². The van der Waals surface area contributed by atoms with Crippen LogP contribution < -0.4 is 11.1 Å². The summed E-state index contributed by atoms with van der Waals surface area (Å²) in [4.78, 5) is 29.5. The van der Waals surface area contributed by atoms with Gasteiger partial charge in [0.1, 0.15) is 0 Å². The average molecular weight is 423 g/mol. The van der Waals surface area contributed by atoms with Gasteiger partial charge in [-0.15, -0.1) is 0 Å². The number of hydrogen-bond donors (Lipinski definition) is 3. The zero-order chi connectivity index (χ0) is 21.1. The van der Waals surface area contributed by atoms with Crippen molar-refractivity contribution in [3.63, 3.8) is 0 Å². The fourth-order valence-corrected chi connectivity index (χ4v) is 4.22. The van der Waals surface area contributed by atoms with E-state index in [1.165, 1.54) is 16.5 Å². The molecule has 0 saturated heterocycles. The molecule has 0 fully saturated rings. The number of amides is 3. The molecule has 1 aromatic heterocycles. The Morgan fingerprint density at radius 1 is 1.17 bits per heavy atom. The lowest BCUT2D eigenvalue weighted by Gasteiger charge is -2.28. The first-order chi connectivity index (χ1) is 14.5. The number of nitrogens with two attached hydrogens (primary N) is 1. The standard InChI is InChI=1S/C23H23ClN4O2/c24-19-7-3-1-6-17(19)21(27-23(25)30)13-22(29)28-11-9-15(10-12-28)18-14-26-20-8-4-2-5-16(18)20/h1-9,14,21,26H,10-13H2,(H3,25,27,30)/t21-/m0/s1. The smallest absolute Gasteiger partial charge is 0.312 e.